The molecule has 1 rings (SSSR count). The Morgan fingerprint density at radius 2 is 1.92 bits per heavy atom. The van der Waals surface area contributed by atoms with E-state index in [0.29, 0.717) is 6.98 Å². The third-order valence-corrected chi connectivity index (χ3v) is 3.82. The molecule has 2 N–H and O–H groups in total. The topological polar surface area (TPSA) is 45.1 Å². The monoisotopic (exact) mass is 333 g/mol. The molecule has 0 unspecified atom stereocenters. The van der Waals surface area contributed by atoms with Gasteiger partial charge in [-0.05, 0) is 53.8 Å². The Morgan fingerprint density at radius 3 is 2.38 bits per heavy atom. The van der Waals surface area contributed by atoms with Crippen molar-refractivity contribution in [2.45, 2.75) is 66.6 Å². The van der Waals surface area contributed by atoms with Gasteiger partial charge in [0.2, 0.25) is 0 Å². The van der Waals surface area contributed by atoms with Crippen molar-refractivity contribution in [2.75, 3.05) is 18.8 Å². The number of nitrogens with one attached hydrogen (secondary N) is 2. The van der Waals surface area contributed by atoms with Gasteiger partial charge in [0.25, 0.3) is 6.98 Å². The average Bonchev–Trinajstić information content (AvgIpc) is 2.96. The smallest absolute Gasteiger partial charge is 0.327 e. The summed E-state index contributed by atoms with van der Waals surface area (Å²) < 4.78 is 4.50. The van der Waals surface area contributed by atoms with E-state index in [1.54, 1.807) is 6.08 Å². The lowest BCUT2D eigenvalue weighted by atomic mass is 9.62. The summed E-state index contributed by atoms with van der Waals surface area (Å²) in [6, 6.07) is 2.05. The fourth-order valence-corrected chi connectivity index (χ4v) is 2.47. The summed E-state index contributed by atoms with van der Waals surface area (Å²) >= 11 is 0. The van der Waals surface area contributed by atoms with E-state index in [4.69, 9.17) is 0 Å². The van der Waals surface area contributed by atoms with Gasteiger partial charge in [-0.1, -0.05) is 33.1 Å². The molecular weight excluding hydrogens is 296 g/mol. The van der Waals surface area contributed by atoms with Crippen LogP contribution in [0.1, 0.15) is 47.5 Å². The van der Waals surface area contributed by atoms with Gasteiger partial charge in [0.1, 0.15) is 5.82 Å². The minimum absolute atomic E-state index is 0.0194. The van der Waals surface area contributed by atoms with Gasteiger partial charge in [-0.15, -0.1) is 6.58 Å². The van der Waals surface area contributed by atoms with E-state index < -0.39 is 0 Å². The van der Waals surface area contributed by atoms with E-state index in [-0.39, 0.29) is 12.5 Å². The summed E-state index contributed by atoms with van der Waals surface area (Å²) in [5.41, 5.74) is -0.0194. The number of hydrogen-bond donors (Lipinski definition) is 2. The summed E-state index contributed by atoms with van der Waals surface area (Å²) in [4.78, 5) is 0. The second-order valence-corrected chi connectivity index (χ2v) is 7.08. The SMILES string of the molecule is C=CC.CCCCN(B(C)NC)B(C)Nc1ccnn1C(C)(C)C. The van der Waals surface area contributed by atoms with Crippen molar-refractivity contribution >= 4 is 19.8 Å². The number of aromatic nitrogens is 2. The molecular formula is C17H37B2N5. The molecule has 7 heteroatoms. The largest absolute Gasteiger partial charge is 0.400 e. The van der Waals surface area contributed by atoms with E-state index >= 15 is 0 Å². The molecule has 0 saturated carbocycles. The normalized spacial score (nSPS) is 10.9. The number of hydrogen-bond acceptors (Lipinski definition) is 4. The van der Waals surface area contributed by atoms with Crippen molar-refractivity contribution in [2.24, 2.45) is 0 Å². The quantitative estimate of drug-likeness (QED) is 0.561. The van der Waals surface area contributed by atoms with Crippen LogP contribution in [0.5, 0.6) is 0 Å². The van der Waals surface area contributed by atoms with Crippen LogP contribution in [0.25, 0.3) is 0 Å². The Labute approximate surface area is 150 Å². The van der Waals surface area contributed by atoms with Crippen molar-refractivity contribution < 1.29 is 0 Å². The Kier molecular flexibility index (Phi) is 10.8. The van der Waals surface area contributed by atoms with Gasteiger partial charge in [0.05, 0.1) is 11.7 Å². The molecule has 24 heavy (non-hydrogen) atoms. The first kappa shape index (κ1) is 22.8. The van der Waals surface area contributed by atoms with E-state index in [9.17, 15) is 0 Å². The Hall–Kier alpha value is -1.20. The lowest BCUT2D eigenvalue weighted by Crippen LogP contribution is -2.56. The van der Waals surface area contributed by atoms with Crippen LogP contribution in [0.4, 0.5) is 5.82 Å². The molecule has 0 atom stereocenters. The number of nitrogens with zero attached hydrogens (tertiary/aromatic N) is 3. The maximum Gasteiger partial charge on any atom is 0.327 e. The second kappa shape index (κ2) is 11.4. The first-order valence-corrected chi connectivity index (χ1v) is 9.03. The van der Waals surface area contributed by atoms with Crippen LogP contribution in [0, 0.1) is 0 Å². The number of allylic oxidation sites excluding steroid dienone is 1. The van der Waals surface area contributed by atoms with Crippen molar-refractivity contribution in [3.63, 3.8) is 0 Å². The van der Waals surface area contributed by atoms with Crippen LogP contribution in [0.15, 0.2) is 24.9 Å². The summed E-state index contributed by atoms with van der Waals surface area (Å²) in [5, 5.41) is 11.4. The van der Waals surface area contributed by atoms with Crippen LogP contribution < -0.4 is 10.5 Å². The molecule has 1 aromatic rings. The highest BCUT2D eigenvalue weighted by Crippen LogP contribution is 2.20. The molecule has 0 saturated heterocycles. The highest BCUT2D eigenvalue weighted by Gasteiger charge is 2.27. The molecule has 0 aliphatic carbocycles. The zero-order valence-corrected chi connectivity index (χ0v) is 17.1. The van der Waals surface area contributed by atoms with Gasteiger partial charge in [-0.25, -0.2) is 4.68 Å². The predicted octanol–water partition coefficient (Wildman–Crippen LogP) is 3.80. The van der Waals surface area contributed by atoms with Gasteiger partial charge in [0.15, 0.2) is 0 Å². The van der Waals surface area contributed by atoms with Crippen LogP contribution in [0.2, 0.25) is 13.6 Å². The van der Waals surface area contributed by atoms with Crippen LogP contribution in [-0.2, 0) is 5.54 Å². The fourth-order valence-electron chi connectivity index (χ4n) is 2.47. The van der Waals surface area contributed by atoms with Gasteiger partial charge in [-0.3, -0.25) is 0 Å². The van der Waals surface area contributed by atoms with Gasteiger partial charge in [-0.2, -0.15) is 5.10 Å². The second-order valence-electron chi connectivity index (χ2n) is 7.08. The maximum absolute atomic E-state index is 4.45. The highest BCUT2D eigenvalue weighted by molar-refractivity contribution is 6.71. The van der Waals surface area contributed by atoms with Crippen molar-refractivity contribution in [1.82, 2.24) is 19.7 Å². The average molecular weight is 333 g/mol. The first-order chi connectivity index (χ1) is 11.2. The van der Waals surface area contributed by atoms with Crippen molar-refractivity contribution in [1.29, 1.82) is 0 Å². The molecule has 0 fully saturated rings. The minimum atomic E-state index is -0.0194. The Morgan fingerprint density at radius 1 is 1.33 bits per heavy atom. The number of rotatable bonds is 8. The standard InChI is InChI=1S/C14H31B2N5.C3H6/c1-8-9-12-20(15(5)17-7)16(6)19-13-10-11-18-21(13)14(2,3)4;1-3-2/h10-11,17,19H,8-9,12H2,1-7H3;3H,1H2,2H3. The molecule has 0 bridgehead atoms. The van der Waals surface area contributed by atoms with Gasteiger partial charge < -0.3 is 15.2 Å². The summed E-state index contributed by atoms with van der Waals surface area (Å²) in [6.45, 7) is 20.1. The third-order valence-electron chi connectivity index (χ3n) is 3.82. The molecule has 0 amide bonds. The van der Waals surface area contributed by atoms with E-state index in [0.717, 1.165) is 12.4 Å². The zero-order valence-electron chi connectivity index (χ0n) is 17.1. The van der Waals surface area contributed by atoms with Crippen molar-refractivity contribution in [3.05, 3.63) is 24.9 Å². The van der Waals surface area contributed by atoms with Gasteiger partial charge >= 0.3 is 6.98 Å². The van der Waals surface area contributed by atoms with E-state index in [1.807, 2.05) is 30.9 Å². The number of anilines is 1. The highest BCUT2D eigenvalue weighted by atomic mass is 15.4. The lowest BCUT2D eigenvalue weighted by Gasteiger charge is -2.32. The van der Waals surface area contributed by atoms with E-state index in [1.165, 1.54) is 12.8 Å². The molecule has 0 aliphatic rings. The van der Waals surface area contributed by atoms with Crippen LogP contribution in [-0.4, -0.2) is 42.1 Å². The van der Waals surface area contributed by atoms with Crippen molar-refractivity contribution in [3.8, 4) is 0 Å². The zero-order chi connectivity index (χ0) is 18.8. The summed E-state index contributed by atoms with van der Waals surface area (Å²) in [7, 11) is 2.01. The third kappa shape index (κ3) is 7.58. The van der Waals surface area contributed by atoms with Gasteiger partial charge in [0, 0.05) is 0 Å². The Bertz CT molecular complexity index is 456. The lowest BCUT2D eigenvalue weighted by molar-refractivity contribution is 0.361. The molecule has 1 aromatic heterocycles. The molecule has 1 heterocycles. The summed E-state index contributed by atoms with van der Waals surface area (Å²) in [6.07, 6.45) is 6.02. The Balaban J connectivity index is 0.00000163. The molecule has 5 nitrogen and oxygen atoms in total. The van der Waals surface area contributed by atoms with E-state index in [2.05, 4.69) is 68.2 Å². The minimum Gasteiger partial charge on any atom is -0.400 e. The predicted molar refractivity (Wildman–Crippen MR) is 111 cm³/mol. The van der Waals surface area contributed by atoms with Crippen LogP contribution >= 0.6 is 0 Å². The first-order valence-electron chi connectivity index (χ1n) is 9.03. The molecule has 0 aliphatic heterocycles. The summed E-state index contributed by atoms with van der Waals surface area (Å²) in [5.74, 6) is 1.07. The number of unbranched alkanes of at least 4 members (excludes halogenated alkanes) is 1. The molecule has 0 aromatic carbocycles. The van der Waals surface area contributed by atoms with Crippen LogP contribution in [0.3, 0.4) is 0 Å². The molecule has 0 spiro atoms. The fraction of sp³-hybridized carbons (Fsp3) is 0.706. The molecule has 0 radical (unpaired) electrons. The molecule has 136 valence electrons. The maximum atomic E-state index is 4.45.